The number of nitrogens with two attached hydrogens (primary N) is 1. The minimum atomic E-state index is -0.983. The standard InChI is InChI=1S/C9H12N2O2/c1-5(2)8-7(9(12)13)3-6(10)4-11-8/h3-5H,10H2,1-2H3,(H,12,13). The number of rotatable bonds is 2. The lowest BCUT2D eigenvalue weighted by molar-refractivity contribution is 0.0694. The highest BCUT2D eigenvalue weighted by atomic mass is 16.4. The molecule has 70 valence electrons. The molecule has 0 unspecified atom stereocenters. The average Bonchev–Trinajstić information content (AvgIpc) is 2.03. The Bertz CT molecular complexity index is 334. The summed E-state index contributed by atoms with van der Waals surface area (Å²) in [4.78, 5) is 14.8. The fourth-order valence-electron chi connectivity index (χ4n) is 1.12. The summed E-state index contributed by atoms with van der Waals surface area (Å²) in [5.74, 6) is -0.893. The Hall–Kier alpha value is -1.58. The number of nitrogens with zero attached hydrogens (tertiary/aromatic N) is 1. The first-order valence-electron chi connectivity index (χ1n) is 4.01. The topological polar surface area (TPSA) is 76.2 Å². The van der Waals surface area contributed by atoms with E-state index < -0.39 is 5.97 Å². The second-order valence-corrected chi connectivity index (χ2v) is 3.16. The Balaban J connectivity index is 3.27. The second-order valence-electron chi connectivity index (χ2n) is 3.16. The highest BCUT2D eigenvalue weighted by Gasteiger charge is 2.14. The Morgan fingerprint density at radius 1 is 1.62 bits per heavy atom. The van der Waals surface area contributed by atoms with Gasteiger partial charge in [-0.1, -0.05) is 13.8 Å². The maximum absolute atomic E-state index is 10.8. The van der Waals surface area contributed by atoms with Crippen molar-refractivity contribution in [2.24, 2.45) is 0 Å². The molecule has 4 heteroatoms. The van der Waals surface area contributed by atoms with E-state index in [9.17, 15) is 4.79 Å². The van der Waals surface area contributed by atoms with Crippen molar-refractivity contribution in [3.8, 4) is 0 Å². The molecule has 0 atom stereocenters. The van der Waals surface area contributed by atoms with Gasteiger partial charge in [-0.05, 0) is 12.0 Å². The first kappa shape index (κ1) is 9.51. The smallest absolute Gasteiger partial charge is 0.337 e. The van der Waals surface area contributed by atoms with Crippen LogP contribution in [0.5, 0.6) is 0 Å². The van der Waals surface area contributed by atoms with E-state index in [2.05, 4.69) is 4.98 Å². The van der Waals surface area contributed by atoms with Crippen molar-refractivity contribution in [1.82, 2.24) is 4.98 Å². The number of carboxylic acid groups (broad SMARTS) is 1. The number of carboxylic acids is 1. The third kappa shape index (κ3) is 1.96. The zero-order valence-corrected chi connectivity index (χ0v) is 7.61. The normalized spacial score (nSPS) is 10.4. The van der Waals surface area contributed by atoms with Gasteiger partial charge in [0.05, 0.1) is 23.1 Å². The molecule has 0 saturated carbocycles. The van der Waals surface area contributed by atoms with Gasteiger partial charge in [0, 0.05) is 0 Å². The van der Waals surface area contributed by atoms with Crippen LogP contribution in [0.2, 0.25) is 0 Å². The fourth-order valence-corrected chi connectivity index (χ4v) is 1.12. The number of nitrogen functional groups attached to an aromatic ring is 1. The summed E-state index contributed by atoms with van der Waals surface area (Å²) in [7, 11) is 0. The number of aromatic nitrogens is 1. The first-order valence-corrected chi connectivity index (χ1v) is 4.01. The average molecular weight is 180 g/mol. The monoisotopic (exact) mass is 180 g/mol. The molecule has 0 aliphatic rings. The minimum Gasteiger partial charge on any atom is -0.478 e. The van der Waals surface area contributed by atoms with Crippen molar-refractivity contribution in [2.75, 3.05) is 5.73 Å². The van der Waals surface area contributed by atoms with E-state index >= 15 is 0 Å². The van der Waals surface area contributed by atoms with Crippen LogP contribution in [-0.4, -0.2) is 16.1 Å². The van der Waals surface area contributed by atoms with Crippen LogP contribution in [0.3, 0.4) is 0 Å². The molecule has 1 aromatic heterocycles. The molecule has 1 aromatic rings. The van der Waals surface area contributed by atoms with Crippen LogP contribution in [0.1, 0.15) is 35.8 Å². The maximum Gasteiger partial charge on any atom is 0.337 e. The number of carbonyl (C=O) groups is 1. The highest BCUT2D eigenvalue weighted by Crippen LogP contribution is 2.18. The number of pyridine rings is 1. The molecule has 0 aliphatic carbocycles. The van der Waals surface area contributed by atoms with E-state index in [-0.39, 0.29) is 11.5 Å². The highest BCUT2D eigenvalue weighted by molar-refractivity contribution is 5.90. The van der Waals surface area contributed by atoms with E-state index in [4.69, 9.17) is 10.8 Å². The van der Waals surface area contributed by atoms with Gasteiger partial charge in [0.25, 0.3) is 0 Å². The van der Waals surface area contributed by atoms with E-state index in [1.807, 2.05) is 13.8 Å². The Morgan fingerprint density at radius 3 is 2.69 bits per heavy atom. The van der Waals surface area contributed by atoms with Gasteiger partial charge in [0.2, 0.25) is 0 Å². The van der Waals surface area contributed by atoms with Crippen LogP contribution in [0.25, 0.3) is 0 Å². The van der Waals surface area contributed by atoms with Crippen LogP contribution in [0, 0.1) is 0 Å². The van der Waals surface area contributed by atoms with Gasteiger partial charge >= 0.3 is 5.97 Å². The quantitative estimate of drug-likeness (QED) is 0.722. The van der Waals surface area contributed by atoms with E-state index in [1.54, 1.807) is 0 Å². The zero-order chi connectivity index (χ0) is 10.0. The molecule has 0 spiro atoms. The molecule has 4 nitrogen and oxygen atoms in total. The Kier molecular flexibility index (Phi) is 2.51. The summed E-state index contributed by atoms with van der Waals surface area (Å²) in [6, 6.07) is 1.44. The molecule has 13 heavy (non-hydrogen) atoms. The largest absolute Gasteiger partial charge is 0.478 e. The van der Waals surface area contributed by atoms with E-state index in [1.165, 1.54) is 12.3 Å². The number of hydrogen-bond donors (Lipinski definition) is 2. The summed E-state index contributed by atoms with van der Waals surface area (Å²) in [5.41, 5.74) is 6.58. The van der Waals surface area contributed by atoms with Gasteiger partial charge in [-0.3, -0.25) is 4.98 Å². The number of hydrogen-bond acceptors (Lipinski definition) is 3. The van der Waals surface area contributed by atoms with Gasteiger partial charge < -0.3 is 10.8 Å². The molecule has 3 N–H and O–H groups in total. The summed E-state index contributed by atoms with van der Waals surface area (Å²) >= 11 is 0. The maximum atomic E-state index is 10.8. The predicted molar refractivity (Wildman–Crippen MR) is 49.7 cm³/mol. The molecular weight excluding hydrogens is 168 g/mol. The van der Waals surface area contributed by atoms with Crippen molar-refractivity contribution < 1.29 is 9.90 Å². The van der Waals surface area contributed by atoms with Crippen LogP contribution in [0.15, 0.2) is 12.3 Å². The predicted octanol–water partition coefficient (Wildman–Crippen LogP) is 1.49. The molecule has 0 aliphatic heterocycles. The van der Waals surface area contributed by atoms with Crippen LogP contribution in [0.4, 0.5) is 5.69 Å². The fraction of sp³-hybridized carbons (Fsp3) is 0.333. The molecular formula is C9H12N2O2. The molecule has 1 rings (SSSR count). The van der Waals surface area contributed by atoms with Gasteiger partial charge in [-0.15, -0.1) is 0 Å². The Labute approximate surface area is 76.4 Å². The molecule has 0 bridgehead atoms. The summed E-state index contributed by atoms with van der Waals surface area (Å²) in [6.07, 6.45) is 1.47. The van der Waals surface area contributed by atoms with E-state index in [0.717, 1.165) is 0 Å². The van der Waals surface area contributed by atoms with Crippen LogP contribution in [-0.2, 0) is 0 Å². The van der Waals surface area contributed by atoms with Crippen molar-refractivity contribution in [1.29, 1.82) is 0 Å². The Morgan fingerprint density at radius 2 is 2.23 bits per heavy atom. The van der Waals surface area contributed by atoms with Gasteiger partial charge in [-0.2, -0.15) is 0 Å². The van der Waals surface area contributed by atoms with Crippen molar-refractivity contribution in [2.45, 2.75) is 19.8 Å². The van der Waals surface area contributed by atoms with E-state index in [0.29, 0.717) is 11.4 Å². The lowest BCUT2D eigenvalue weighted by atomic mass is 10.0. The van der Waals surface area contributed by atoms with Gasteiger partial charge in [0.1, 0.15) is 0 Å². The number of anilines is 1. The summed E-state index contributed by atoms with van der Waals surface area (Å²) in [5, 5.41) is 8.84. The van der Waals surface area contributed by atoms with Crippen LogP contribution < -0.4 is 5.73 Å². The minimum absolute atomic E-state index is 0.0895. The van der Waals surface area contributed by atoms with Crippen molar-refractivity contribution >= 4 is 11.7 Å². The molecule has 0 amide bonds. The third-order valence-electron chi connectivity index (χ3n) is 1.72. The molecule has 0 aromatic carbocycles. The van der Waals surface area contributed by atoms with Crippen LogP contribution >= 0.6 is 0 Å². The number of aromatic carboxylic acids is 1. The summed E-state index contributed by atoms with van der Waals surface area (Å²) < 4.78 is 0. The van der Waals surface area contributed by atoms with Crippen molar-refractivity contribution in [3.63, 3.8) is 0 Å². The lowest BCUT2D eigenvalue weighted by Crippen LogP contribution is -2.07. The third-order valence-corrected chi connectivity index (χ3v) is 1.72. The van der Waals surface area contributed by atoms with Crippen molar-refractivity contribution in [3.05, 3.63) is 23.5 Å². The van der Waals surface area contributed by atoms with Gasteiger partial charge in [0.15, 0.2) is 0 Å². The zero-order valence-electron chi connectivity index (χ0n) is 7.61. The lowest BCUT2D eigenvalue weighted by Gasteiger charge is -2.08. The SMILES string of the molecule is CC(C)c1ncc(N)cc1C(=O)O. The molecule has 0 radical (unpaired) electrons. The molecule has 1 heterocycles. The summed E-state index contributed by atoms with van der Waals surface area (Å²) in [6.45, 7) is 3.79. The first-order chi connectivity index (χ1) is 6.02. The second kappa shape index (κ2) is 3.43. The van der Waals surface area contributed by atoms with Gasteiger partial charge in [-0.25, -0.2) is 4.79 Å². The molecule has 0 saturated heterocycles. The molecule has 0 fully saturated rings.